The lowest BCUT2D eigenvalue weighted by molar-refractivity contribution is 0.0500. The molecule has 6 rings (SSSR count). The van der Waals surface area contributed by atoms with Gasteiger partial charge in [-0.3, -0.25) is 4.79 Å². The van der Waals surface area contributed by atoms with Crippen LogP contribution in [0.25, 0.3) is 22.4 Å². The van der Waals surface area contributed by atoms with Crippen molar-refractivity contribution in [1.29, 1.82) is 0 Å². The molecular formula is C25H20N4O4. The van der Waals surface area contributed by atoms with E-state index >= 15 is 0 Å². The lowest BCUT2D eigenvalue weighted by Gasteiger charge is -2.26. The maximum atomic E-state index is 12.8. The molecule has 0 aliphatic carbocycles. The summed E-state index contributed by atoms with van der Waals surface area (Å²) in [6.07, 6.45) is 7.27. The smallest absolute Gasteiger partial charge is 0.257 e. The number of aryl methyl sites for hydroxylation is 1. The van der Waals surface area contributed by atoms with Gasteiger partial charge in [-0.2, -0.15) is 0 Å². The van der Waals surface area contributed by atoms with Crippen molar-refractivity contribution in [2.75, 3.05) is 13.2 Å². The molecule has 3 aromatic heterocycles. The van der Waals surface area contributed by atoms with E-state index in [0.29, 0.717) is 30.5 Å². The first-order valence-corrected chi connectivity index (χ1v) is 10.8. The summed E-state index contributed by atoms with van der Waals surface area (Å²) in [4.78, 5) is 25.2. The number of rotatable bonds is 4. The largest absolute Gasteiger partial charge is 0.489 e. The molecule has 1 atom stereocenters. The first kappa shape index (κ1) is 19.5. The third-order valence-electron chi connectivity index (χ3n) is 5.85. The first-order chi connectivity index (χ1) is 16.2. The van der Waals surface area contributed by atoms with Crippen LogP contribution < -0.4 is 19.8 Å². The number of fused-ring (bicyclic) bond motifs is 4. The van der Waals surface area contributed by atoms with Crippen LogP contribution in [0.3, 0.4) is 0 Å². The minimum Gasteiger partial charge on any atom is -0.489 e. The van der Waals surface area contributed by atoms with Gasteiger partial charge >= 0.3 is 0 Å². The van der Waals surface area contributed by atoms with Crippen molar-refractivity contribution in [2.24, 2.45) is 0 Å². The van der Waals surface area contributed by atoms with Gasteiger partial charge in [0.25, 0.3) is 11.4 Å². The van der Waals surface area contributed by atoms with E-state index in [9.17, 15) is 4.79 Å². The van der Waals surface area contributed by atoms with E-state index in [-0.39, 0.29) is 18.3 Å². The predicted molar refractivity (Wildman–Crippen MR) is 121 cm³/mol. The number of pyridine rings is 2. The number of aromatic nitrogens is 4. The molecule has 0 fully saturated rings. The Hall–Kier alpha value is -4.20. The highest BCUT2D eigenvalue weighted by Crippen LogP contribution is 2.33. The zero-order chi connectivity index (χ0) is 22.2. The van der Waals surface area contributed by atoms with Crippen LogP contribution in [0.15, 0.2) is 72.2 Å². The van der Waals surface area contributed by atoms with Crippen LogP contribution in [0, 0.1) is 0 Å². The number of nitrogens with zero attached hydrogens (tertiary/aromatic N) is 4. The van der Waals surface area contributed by atoms with E-state index in [0.717, 1.165) is 28.8 Å². The molecule has 0 saturated heterocycles. The van der Waals surface area contributed by atoms with Gasteiger partial charge in [-0.05, 0) is 29.7 Å². The van der Waals surface area contributed by atoms with Gasteiger partial charge in [0.2, 0.25) is 0 Å². The maximum absolute atomic E-state index is 12.8. The summed E-state index contributed by atoms with van der Waals surface area (Å²) >= 11 is 0. The second-order valence-corrected chi connectivity index (χ2v) is 7.98. The van der Waals surface area contributed by atoms with Crippen molar-refractivity contribution < 1.29 is 14.2 Å². The highest BCUT2D eigenvalue weighted by atomic mass is 16.6. The van der Waals surface area contributed by atoms with Crippen LogP contribution in [-0.2, 0) is 13.0 Å². The van der Waals surface area contributed by atoms with Crippen molar-refractivity contribution in [3.8, 4) is 39.8 Å². The second-order valence-electron chi connectivity index (χ2n) is 7.98. The van der Waals surface area contributed by atoms with Gasteiger partial charge in [-0.1, -0.05) is 18.2 Å². The minimum absolute atomic E-state index is 0.0796. The molecule has 0 radical (unpaired) electrons. The van der Waals surface area contributed by atoms with E-state index < -0.39 is 0 Å². The molecule has 1 aromatic carbocycles. The SMILES string of the molecule is O=c1cc(OCC2COc3ncccc3O2)cc2n1CCc1cc(-c3cncnc3)ccc1-2. The molecule has 0 bridgehead atoms. The van der Waals surface area contributed by atoms with Crippen molar-refractivity contribution in [3.05, 3.63) is 83.3 Å². The molecule has 0 N–H and O–H groups in total. The molecule has 8 nitrogen and oxygen atoms in total. The van der Waals surface area contributed by atoms with E-state index in [1.54, 1.807) is 29.2 Å². The fourth-order valence-electron chi connectivity index (χ4n) is 4.25. The van der Waals surface area contributed by atoms with E-state index in [2.05, 4.69) is 21.0 Å². The Bertz CT molecular complexity index is 1390. The third kappa shape index (κ3) is 3.69. The Balaban J connectivity index is 1.25. The molecule has 5 heterocycles. The van der Waals surface area contributed by atoms with Gasteiger partial charge < -0.3 is 18.8 Å². The number of ether oxygens (including phenoxy) is 3. The summed E-state index contributed by atoms with van der Waals surface area (Å²) in [5.41, 5.74) is 5.00. The topological polar surface area (TPSA) is 88.4 Å². The average molecular weight is 440 g/mol. The molecule has 0 saturated carbocycles. The van der Waals surface area contributed by atoms with Gasteiger partial charge in [0.05, 0.1) is 5.69 Å². The van der Waals surface area contributed by atoms with Gasteiger partial charge in [0.1, 0.15) is 25.3 Å². The summed E-state index contributed by atoms with van der Waals surface area (Å²) in [6, 6.07) is 13.3. The molecular weight excluding hydrogens is 420 g/mol. The van der Waals surface area contributed by atoms with Crippen LogP contribution in [-0.4, -0.2) is 38.8 Å². The number of hydrogen-bond acceptors (Lipinski definition) is 7. The first-order valence-electron chi connectivity index (χ1n) is 10.8. The summed E-state index contributed by atoms with van der Waals surface area (Å²) < 4.78 is 19.3. The van der Waals surface area contributed by atoms with Gasteiger partial charge in [0.15, 0.2) is 11.9 Å². The molecule has 0 amide bonds. The number of benzene rings is 1. The number of hydrogen-bond donors (Lipinski definition) is 0. The molecule has 164 valence electrons. The molecule has 33 heavy (non-hydrogen) atoms. The van der Waals surface area contributed by atoms with E-state index in [1.807, 2.05) is 24.3 Å². The Kier molecular flexibility index (Phi) is 4.75. The average Bonchev–Trinajstić information content (AvgIpc) is 2.87. The Morgan fingerprint density at radius 2 is 2.00 bits per heavy atom. The maximum Gasteiger partial charge on any atom is 0.257 e. The molecule has 4 aromatic rings. The van der Waals surface area contributed by atoms with Crippen LogP contribution in [0.4, 0.5) is 0 Å². The van der Waals surface area contributed by atoms with Crippen molar-refractivity contribution in [3.63, 3.8) is 0 Å². The van der Waals surface area contributed by atoms with Crippen molar-refractivity contribution >= 4 is 0 Å². The highest BCUT2D eigenvalue weighted by molar-refractivity contribution is 5.73. The molecule has 1 unspecified atom stereocenters. The zero-order valence-corrected chi connectivity index (χ0v) is 17.7. The molecule has 0 spiro atoms. The van der Waals surface area contributed by atoms with Gasteiger partial charge in [0, 0.05) is 48.4 Å². The lowest BCUT2D eigenvalue weighted by atomic mass is 9.93. The summed E-state index contributed by atoms with van der Waals surface area (Å²) in [5.74, 6) is 1.59. The van der Waals surface area contributed by atoms with Gasteiger partial charge in [-0.25, -0.2) is 15.0 Å². The molecule has 2 aliphatic heterocycles. The zero-order valence-electron chi connectivity index (χ0n) is 17.7. The summed E-state index contributed by atoms with van der Waals surface area (Å²) in [7, 11) is 0. The van der Waals surface area contributed by atoms with Crippen molar-refractivity contribution in [2.45, 2.75) is 19.1 Å². The lowest BCUT2D eigenvalue weighted by Crippen LogP contribution is -2.35. The predicted octanol–water partition coefficient (Wildman–Crippen LogP) is 3.14. The Morgan fingerprint density at radius 1 is 1.09 bits per heavy atom. The standard InChI is InChI=1S/C25H20N4O4/c30-24-10-19(31-13-20-14-32-25-23(33-20)2-1-6-28-25)9-22-21-4-3-16(18-11-26-15-27-12-18)8-17(21)5-7-29(22)24/h1-4,6,8-12,15,20H,5,7,13-14H2. The summed E-state index contributed by atoms with van der Waals surface area (Å²) in [6.45, 7) is 1.22. The van der Waals surface area contributed by atoms with E-state index in [4.69, 9.17) is 14.2 Å². The Labute approximate surface area is 189 Å². The van der Waals surface area contributed by atoms with Gasteiger partial charge in [-0.15, -0.1) is 0 Å². The monoisotopic (exact) mass is 440 g/mol. The quantitative estimate of drug-likeness (QED) is 0.482. The molecule has 2 aliphatic rings. The van der Waals surface area contributed by atoms with Crippen LogP contribution in [0.1, 0.15) is 5.56 Å². The summed E-state index contributed by atoms with van der Waals surface area (Å²) in [5, 5.41) is 0. The highest BCUT2D eigenvalue weighted by Gasteiger charge is 2.23. The van der Waals surface area contributed by atoms with Crippen LogP contribution in [0.5, 0.6) is 17.4 Å². The van der Waals surface area contributed by atoms with Crippen LogP contribution in [0.2, 0.25) is 0 Å². The fourth-order valence-corrected chi connectivity index (χ4v) is 4.25. The fraction of sp³-hybridized carbons (Fsp3) is 0.200. The van der Waals surface area contributed by atoms with Crippen LogP contribution >= 0.6 is 0 Å². The third-order valence-corrected chi connectivity index (χ3v) is 5.85. The second kappa shape index (κ2) is 8.05. The normalized spacial score (nSPS) is 15.9. The van der Waals surface area contributed by atoms with E-state index in [1.165, 1.54) is 18.0 Å². The molecule has 8 heteroatoms. The Morgan fingerprint density at radius 3 is 2.91 bits per heavy atom. The van der Waals surface area contributed by atoms with Crippen molar-refractivity contribution in [1.82, 2.24) is 19.5 Å². The minimum atomic E-state index is -0.288.